The van der Waals surface area contributed by atoms with E-state index in [0.717, 1.165) is 25.8 Å². The van der Waals surface area contributed by atoms with Crippen LogP contribution in [-0.4, -0.2) is 12.5 Å². The summed E-state index contributed by atoms with van der Waals surface area (Å²) in [5.41, 5.74) is 0. The van der Waals surface area contributed by atoms with Crippen molar-refractivity contribution in [2.24, 2.45) is 5.92 Å². The van der Waals surface area contributed by atoms with Gasteiger partial charge in [-0.1, -0.05) is 0 Å². The summed E-state index contributed by atoms with van der Waals surface area (Å²) in [7, 11) is 0. The third-order valence-electron chi connectivity index (χ3n) is 1.96. The highest BCUT2D eigenvalue weighted by atomic mass is 16.2. The Balaban J connectivity index is 2.24. The molecule has 2 heteroatoms. The second-order valence-electron chi connectivity index (χ2n) is 2.74. The zero-order valence-corrected chi connectivity index (χ0v) is 6.81. The van der Waals surface area contributed by atoms with Gasteiger partial charge < -0.3 is 5.32 Å². The molecule has 1 saturated heterocycles. The fourth-order valence-electron chi connectivity index (χ4n) is 1.29. The van der Waals surface area contributed by atoms with Crippen molar-refractivity contribution in [1.29, 1.82) is 0 Å². The third-order valence-corrected chi connectivity index (χ3v) is 1.96. The summed E-state index contributed by atoms with van der Waals surface area (Å²) < 4.78 is 0. The molecular weight excluding hydrogens is 138 g/mol. The highest BCUT2D eigenvalue weighted by molar-refractivity contribution is 5.80. The zero-order chi connectivity index (χ0) is 8.10. The van der Waals surface area contributed by atoms with Gasteiger partial charge in [-0.15, -0.1) is 11.8 Å². The smallest absolute Gasteiger partial charge is 0.223 e. The zero-order valence-electron chi connectivity index (χ0n) is 6.81. The summed E-state index contributed by atoms with van der Waals surface area (Å²) in [6.45, 7) is 2.68. The molecule has 1 heterocycles. The van der Waals surface area contributed by atoms with Gasteiger partial charge in [0.1, 0.15) is 0 Å². The van der Waals surface area contributed by atoms with Gasteiger partial charge in [0.2, 0.25) is 5.91 Å². The van der Waals surface area contributed by atoms with Crippen LogP contribution in [0.1, 0.15) is 26.2 Å². The van der Waals surface area contributed by atoms with Gasteiger partial charge in [-0.25, -0.2) is 0 Å². The molecule has 0 aromatic rings. The second-order valence-corrected chi connectivity index (χ2v) is 2.74. The van der Waals surface area contributed by atoms with Gasteiger partial charge in [0.05, 0.1) is 0 Å². The molecule has 1 fully saturated rings. The predicted octanol–water partition coefficient (Wildman–Crippen LogP) is 0.926. The minimum Gasteiger partial charge on any atom is -0.356 e. The highest BCUT2D eigenvalue weighted by Crippen LogP contribution is 2.14. The van der Waals surface area contributed by atoms with E-state index in [4.69, 9.17) is 0 Å². The Bertz CT molecular complexity index is 199. The number of hydrogen-bond donors (Lipinski definition) is 1. The van der Waals surface area contributed by atoms with Gasteiger partial charge in [0.15, 0.2) is 0 Å². The van der Waals surface area contributed by atoms with E-state index in [9.17, 15) is 4.79 Å². The average Bonchev–Trinajstić information content (AvgIpc) is 2.37. The summed E-state index contributed by atoms with van der Waals surface area (Å²) in [5.74, 6) is 6.23. The molecule has 1 amide bonds. The van der Waals surface area contributed by atoms with Crippen molar-refractivity contribution in [2.75, 3.05) is 6.54 Å². The second kappa shape index (κ2) is 4.02. The number of amides is 1. The van der Waals surface area contributed by atoms with E-state index in [1.807, 2.05) is 6.92 Å². The Hall–Kier alpha value is -0.970. The molecule has 0 aromatic heterocycles. The maximum atomic E-state index is 11.0. The van der Waals surface area contributed by atoms with Gasteiger partial charge >= 0.3 is 0 Å². The molecule has 0 spiro atoms. The molecule has 1 atom stereocenters. The normalized spacial score (nSPS) is 22.3. The van der Waals surface area contributed by atoms with Gasteiger partial charge in [-0.3, -0.25) is 4.79 Å². The lowest BCUT2D eigenvalue weighted by atomic mass is 10.0. The summed E-state index contributed by atoms with van der Waals surface area (Å²) in [6.07, 6.45) is 2.77. The van der Waals surface area contributed by atoms with Gasteiger partial charge in [0, 0.05) is 18.9 Å². The van der Waals surface area contributed by atoms with Crippen molar-refractivity contribution in [3.63, 3.8) is 0 Å². The van der Waals surface area contributed by atoms with Crippen LogP contribution >= 0.6 is 0 Å². The number of hydrogen-bond acceptors (Lipinski definition) is 1. The summed E-state index contributed by atoms with van der Waals surface area (Å²) >= 11 is 0. The fraction of sp³-hybridized carbons (Fsp3) is 0.667. The first kappa shape index (κ1) is 8.13. The Morgan fingerprint density at radius 3 is 3.09 bits per heavy atom. The molecule has 0 radical (unpaired) electrons. The Morgan fingerprint density at radius 1 is 1.73 bits per heavy atom. The average molecular weight is 151 g/mol. The largest absolute Gasteiger partial charge is 0.356 e. The van der Waals surface area contributed by atoms with E-state index in [2.05, 4.69) is 17.2 Å². The van der Waals surface area contributed by atoms with E-state index in [1.54, 1.807) is 0 Å². The molecule has 1 N–H and O–H groups in total. The fourth-order valence-corrected chi connectivity index (χ4v) is 1.29. The molecule has 1 unspecified atom stereocenters. The maximum absolute atomic E-state index is 11.0. The first-order chi connectivity index (χ1) is 5.34. The lowest BCUT2D eigenvalue weighted by Crippen LogP contribution is -2.18. The quantitative estimate of drug-likeness (QED) is 0.584. The number of carbonyl (C=O) groups excluding carboxylic acids is 1. The van der Waals surface area contributed by atoms with Gasteiger partial charge in [-0.05, 0) is 19.8 Å². The molecule has 0 aliphatic carbocycles. The van der Waals surface area contributed by atoms with Crippen molar-refractivity contribution in [2.45, 2.75) is 26.2 Å². The van der Waals surface area contributed by atoms with Crippen LogP contribution < -0.4 is 5.32 Å². The standard InChI is InChI=1S/C9H13NO/c1-2-3-4-5-8-6-7-10-9(8)11/h8H,4-7H2,1H3,(H,10,11). The van der Waals surface area contributed by atoms with Crippen molar-refractivity contribution < 1.29 is 4.79 Å². The minimum absolute atomic E-state index is 0.211. The van der Waals surface area contributed by atoms with Crippen LogP contribution in [0.3, 0.4) is 0 Å². The minimum atomic E-state index is 0.211. The van der Waals surface area contributed by atoms with Gasteiger partial charge in [-0.2, -0.15) is 0 Å². The van der Waals surface area contributed by atoms with E-state index in [1.165, 1.54) is 0 Å². The van der Waals surface area contributed by atoms with Crippen molar-refractivity contribution >= 4 is 5.91 Å². The number of nitrogens with one attached hydrogen (secondary N) is 1. The topological polar surface area (TPSA) is 29.1 Å². The lowest BCUT2D eigenvalue weighted by molar-refractivity contribution is -0.122. The van der Waals surface area contributed by atoms with E-state index in [0.29, 0.717) is 0 Å². The summed E-state index contributed by atoms with van der Waals surface area (Å²) in [4.78, 5) is 11.0. The Morgan fingerprint density at radius 2 is 2.55 bits per heavy atom. The summed E-state index contributed by atoms with van der Waals surface area (Å²) in [6, 6.07) is 0. The van der Waals surface area contributed by atoms with Crippen LogP contribution in [-0.2, 0) is 4.79 Å². The first-order valence-electron chi connectivity index (χ1n) is 4.02. The molecule has 1 aliphatic heterocycles. The number of rotatable bonds is 2. The van der Waals surface area contributed by atoms with E-state index >= 15 is 0 Å². The predicted molar refractivity (Wildman–Crippen MR) is 43.8 cm³/mol. The molecule has 0 saturated carbocycles. The molecule has 0 aromatic carbocycles. The molecule has 2 nitrogen and oxygen atoms in total. The molecular formula is C9H13NO. The maximum Gasteiger partial charge on any atom is 0.223 e. The van der Waals surface area contributed by atoms with E-state index in [-0.39, 0.29) is 11.8 Å². The van der Waals surface area contributed by atoms with Crippen molar-refractivity contribution in [3.8, 4) is 11.8 Å². The molecule has 11 heavy (non-hydrogen) atoms. The van der Waals surface area contributed by atoms with Crippen molar-refractivity contribution in [1.82, 2.24) is 5.32 Å². The van der Waals surface area contributed by atoms with Gasteiger partial charge in [0.25, 0.3) is 0 Å². The molecule has 0 bridgehead atoms. The third kappa shape index (κ3) is 2.27. The monoisotopic (exact) mass is 151 g/mol. The van der Waals surface area contributed by atoms with Crippen molar-refractivity contribution in [3.05, 3.63) is 0 Å². The first-order valence-corrected chi connectivity index (χ1v) is 4.02. The van der Waals surface area contributed by atoms with Crippen LogP contribution in [0, 0.1) is 17.8 Å². The molecule has 1 rings (SSSR count). The molecule has 1 aliphatic rings. The SMILES string of the molecule is CC#CCCC1CCNC1=O. The van der Waals surface area contributed by atoms with Crippen LogP contribution in [0.5, 0.6) is 0 Å². The Labute approximate surface area is 67.4 Å². The lowest BCUT2D eigenvalue weighted by Gasteiger charge is -2.00. The van der Waals surface area contributed by atoms with Crippen LogP contribution in [0.2, 0.25) is 0 Å². The van der Waals surface area contributed by atoms with Crippen LogP contribution in [0.15, 0.2) is 0 Å². The summed E-state index contributed by atoms with van der Waals surface area (Å²) in [5, 5.41) is 2.81. The van der Waals surface area contributed by atoms with Crippen LogP contribution in [0.4, 0.5) is 0 Å². The molecule has 60 valence electrons. The van der Waals surface area contributed by atoms with E-state index < -0.39 is 0 Å². The Kier molecular flexibility index (Phi) is 2.97. The number of carbonyl (C=O) groups is 1. The van der Waals surface area contributed by atoms with Crippen LogP contribution in [0.25, 0.3) is 0 Å². The highest BCUT2D eigenvalue weighted by Gasteiger charge is 2.22.